The molecule has 2 aromatic rings. The first-order chi connectivity index (χ1) is 12.1. The topological polar surface area (TPSA) is 65.4 Å². The van der Waals surface area contributed by atoms with Crippen LogP contribution in [-0.4, -0.2) is 29.9 Å². The van der Waals surface area contributed by atoms with Gasteiger partial charge in [-0.2, -0.15) is 5.10 Å². The van der Waals surface area contributed by atoms with Gasteiger partial charge in [0.05, 0.1) is 32.9 Å². The van der Waals surface area contributed by atoms with Crippen LogP contribution in [0.3, 0.4) is 0 Å². The minimum absolute atomic E-state index is 0.0255. The maximum Gasteiger partial charge on any atom is 0.224 e. The maximum absolute atomic E-state index is 12.3. The molecule has 0 fully saturated rings. The van der Waals surface area contributed by atoms with Crippen molar-refractivity contribution < 1.29 is 14.3 Å². The summed E-state index contributed by atoms with van der Waals surface area (Å²) in [5, 5.41) is 7.58. The molecule has 1 heterocycles. The number of rotatable bonds is 6. The number of amides is 1. The van der Waals surface area contributed by atoms with Crippen molar-refractivity contribution in [2.75, 3.05) is 14.2 Å². The van der Waals surface area contributed by atoms with Crippen LogP contribution in [0.1, 0.15) is 35.4 Å². The number of nitrogens with one attached hydrogen (secondary N) is 1. The molecule has 6 nitrogen and oxygen atoms in total. The number of ether oxygens (including phenoxy) is 2. The quantitative estimate of drug-likeness (QED) is 0.873. The molecular formula is C19H25N3O3. The zero-order valence-electron chi connectivity index (χ0n) is 15.1. The van der Waals surface area contributed by atoms with Gasteiger partial charge in [-0.1, -0.05) is 6.07 Å². The van der Waals surface area contributed by atoms with E-state index in [0.717, 1.165) is 24.1 Å². The Morgan fingerprint density at radius 2 is 1.96 bits per heavy atom. The summed E-state index contributed by atoms with van der Waals surface area (Å²) in [5.41, 5.74) is 4.52. The second-order valence-electron chi connectivity index (χ2n) is 6.35. The van der Waals surface area contributed by atoms with Crippen LogP contribution in [0.4, 0.5) is 0 Å². The lowest BCUT2D eigenvalue weighted by Crippen LogP contribution is -2.25. The Hall–Kier alpha value is -2.50. The Bertz CT molecular complexity index is 768. The molecule has 0 bridgehead atoms. The molecule has 0 saturated heterocycles. The largest absolute Gasteiger partial charge is 0.493 e. The molecule has 0 spiro atoms. The number of carbonyl (C=O) groups excluding carboxylic acids is 1. The molecule has 0 aliphatic heterocycles. The number of fused-ring (bicyclic) bond motifs is 1. The standard InChI is InChI=1S/C19H25N3O3/c1-22-16-7-5-4-6-14(16)15(21-22)12-20-19(23)11-13-8-9-17(24-2)18(10-13)25-3/h8-10H,4-7,11-12H2,1-3H3,(H,20,23). The van der Waals surface area contributed by atoms with Crippen molar-refractivity contribution in [3.63, 3.8) is 0 Å². The first-order valence-corrected chi connectivity index (χ1v) is 8.63. The van der Waals surface area contributed by atoms with Crippen LogP contribution in [0.15, 0.2) is 18.2 Å². The van der Waals surface area contributed by atoms with Crippen LogP contribution < -0.4 is 14.8 Å². The Morgan fingerprint density at radius 3 is 2.72 bits per heavy atom. The van der Waals surface area contributed by atoms with Crippen LogP contribution in [-0.2, 0) is 37.6 Å². The highest BCUT2D eigenvalue weighted by atomic mass is 16.5. The van der Waals surface area contributed by atoms with Gasteiger partial charge in [-0.05, 0) is 48.9 Å². The second kappa shape index (κ2) is 7.59. The fourth-order valence-corrected chi connectivity index (χ4v) is 3.42. The second-order valence-corrected chi connectivity index (χ2v) is 6.35. The van der Waals surface area contributed by atoms with Crippen molar-refractivity contribution in [2.45, 2.75) is 38.6 Å². The molecule has 0 atom stereocenters. The van der Waals surface area contributed by atoms with Crippen molar-refractivity contribution in [1.82, 2.24) is 15.1 Å². The Balaban J connectivity index is 1.62. The number of nitrogens with zero attached hydrogens (tertiary/aromatic N) is 2. The Labute approximate surface area is 148 Å². The van der Waals surface area contributed by atoms with Crippen LogP contribution in [0, 0.1) is 0 Å². The maximum atomic E-state index is 12.3. The lowest BCUT2D eigenvalue weighted by atomic mass is 9.96. The Morgan fingerprint density at radius 1 is 1.20 bits per heavy atom. The van der Waals surface area contributed by atoms with Gasteiger partial charge >= 0.3 is 0 Å². The average molecular weight is 343 g/mol. The smallest absolute Gasteiger partial charge is 0.224 e. The van der Waals surface area contributed by atoms with Gasteiger partial charge in [-0.3, -0.25) is 9.48 Å². The third kappa shape index (κ3) is 3.78. The molecule has 0 saturated carbocycles. The van der Waals surface area contributed by atoms with E-state index in [2.05, 4.69) is 10.4 Å². The SMILES string of the molecule is COc1ccc(CC(=O)NCc2nn(C)c3c2CCCC3)cc1OC. The number of aromatic nitrogens is 2. The Kier molecular flexibility index (Phi) is 5.26. The first-order valence-electron chi connectivity index (χ1n) is 8.63. The molecule has 134 valence electrons. The van der Waals surface area contributed by atoms with Gasteiger partial charge in [-0.25, -0.2) is 0 Å². The number of benzene rings is 1. The van der Waals surface area contributed by atoms with Crippen LogP contribution in [0.2, 0.25) is 0 Å². The van der Waals surface area contributed by atoms with E-state index in [1.807, 2.05) is 29.9 Å². The highest BCUT2D eigenvalue weighted by Crippen LogP contribution is 2.28. The van der Waals surface area contributed by atoms with E-state index in [4.69, 9.17) is 9.47 Å². The van der Waals surface area contributed by atoms with E-state index in [9.17, 15) is 4.79 Å². The number of aryl methyl sites for hydroxylation is 1. The molecule has 1 amide bonds. The predicted octanol–water partition coefficient (Wildman–Crippen LogP) is 2.17. The number of methoxy groups -OCH3 is 2. The molecule has 1 aromatic carbocycles. The van der Waals surface area contributed by atoms with Gasteiger partial charge in [0.2, 0.25) is 5.91 Å². The van der Waals surface area contributed by atoms with Crippen molar-refractivity contribution >= 4 is 5.91 Å². The monoisotopic (exact) mass is 343 g/mol. The highest BCUT2D eigenvalue weighted by Gasteiger charge is 2.19. The summed E-state index contributed by atoms with van der Waals surface area (Å²) in [7, 11) is 5.17. The number of hydrogen-bond acceptors (Lipinski definition) is 4. The fourth-order valence-electron chi connectivity index (χ4n) is 3.42. The van der Waals surface area contributed by atoms with E-state index in [1.165, 1.54) is 24.1 Å². The molecule has 0 unspecified atom stereocenters. The van der Waals surface area contributed by atoms with E-state index in [0.29, 0.717) is 24.5 Å². The highest BCUT2D eigenvalue weighted by molar-refractivity contribution is 5.78. The van der Waals surface area contributed by atoms with Crippen LogP contribution in [0.5, 0.6) is 11.5 Å². The first kappa shape index (κ1) is 17.3. The fraction of sp³-hybridized carbons (Fsp3) is 0.474. The van der Waals surface area contributed by atoms with Gasteiger partial charge in [0.25, 0.3) is 0 Å². The van der Waals surface area contributed by atoms with Crippen molar-refractivity contribution in [1.29, 1.82) is 0 Å². The van der Waals surface area contributed by atoms with E-state index < -0.39 is 0 Å². The molecule has 1 aromatic heterocycles. The van der Waals surface area contributed by atoms with Crippen molar-refractivity contribution in [2.24, 2.45) is 7.05 Å². The minimum Gasteiger partial charge on any atom is -0.493 e. The van der Waals surface area contributed by atoms with E-state index in [-0.39, 0.29) is 5.91 Å². The summed E-state index contributed by atoms with van der Waals surface area (Å²) in [5.74, 6) is 1.26. The summed E-state index contributed by atoms with van der Waals surface area (Å²) in [4.78, 5) is 12.3. The van der Waals surface area contributed by atoms with Gasteiger partial charge < -0.3 is 14.8 Å². The lowest BCUT2D eigenvalue weighted by molar-refractivity contribution is -0.120. The van der Waals surface area contributed by atoms with Crippen molar-refractivity contribution in [3.8, 4) is 11.5 Å². The summed E-state index contributed by atoms with van der Waals surface area (Å²) in [6.45, 7) is 0.481. The third-order valence-electron chi connectivity index (χ3n) is 4.71. The van der Waals surface area contributed by atoms with Gasteiger partial charge in [-0.15, -0.1) is 0 Å². The lowest BCUT2D eigenvalue weighted by Gasteiger charge is -2.13. The molecule has 3 rings (SSSR count). The molecule has 0 radical (unpaired) electrons. The van der Waals surface area contributed by atoms with E-state index in [1.54, 1.807) is 14.2 Å². The minimum atomic E-state index is -0.0255. The predicted molar refractivity (Wildman–Crippen MR) is 94.9 cm³/mol. The third-order valence-corrected chi connectivity index (χ3v) is 4.71. The normalized spacial score (nSPS) is 13.2. The average Bonchev–Trinajstić information content (AvgIpc) is 2.96. The van der Waals surface area contributed by atoms with Gasteiger partial charge in [0, 0.05) is 12.7 Å². The number of carbonyl (C=O) groups is 1. The molecule has 1 aliphatic carbocycles. The molecule has 1 N–H and O–H groups in total. The van der Waals surface area contributed by atoms with Crippen LogP contribution in [0.25, 0.3) is 0 Å². The summed E-state index contributed by atoms with van der Waals surface area (Å²) in [6.07, 6.45) is 4.86. The molecule has 6 heteroatoms. The van der Waals surface area contributed by atoms with Gasteiger partial charge in [0.1, 0.15) is 0 Å². The summed E-state index contributed by atoms with van der Waals surface area (Å²) >= 11 is 0. The van der Waals surface area contributed by atoms with Crippen molar-refractivity contribution in [3.05, 3.63) is 40.7 Å². The zero-order valence-corrected chi connectivity index (χ0v) is 15.1. The zero-order chi connectivity index (χ0) is 17.8. The number of hydrogen-bond donors (Lipinski definition) is 1. The van der Waals surface area contributed by atoms with E-state index >= 15 is 0 Å². The molecule has 25 heavy (non-hydrogen) atoms. The summed E-state index contributed by atoms with van der Waals surface area (Å²) in [6, 6.07) is 5.53. The molecule has 1 aliphatic rings. The summed E-state index contributed by atoms with van der Waals surface area (Å²) < 4.78 is 12.5. The van der Waals surface area contributed by atoms with Crippen LogP contribution >= 0.6 is 0 Å². The van der Waals surface area contributed by atoms with Gasteiger partial charge in [0.15, 0.2) is 11.5 Å². The molecular weight excluding hydrogens is 318 g/mol.